The van der Waals surface area contributed by atoms with Crippen LogP contribution in [0.25, 0.3) is 0 Å². The molecule has 1 aliphatic heterocycles. The number of thiophene rings is 1. The Kier molecular flexibility index (Phi) is 5.72. The van der Waals surface area contributed by atoms with Gasteiger partial charge in [0, 0.05) is 24.3 Å². The summed E-state index contributed by atoms with van der Waals surface area (Å²) < 4.78 is 0. The van der Waals surface area contributed by atoms with Gasteiger partial charge < -0.3 is 15.3 Å². The van der Waals surface area contributed by atoms with E-state index in [2.05, 4.69) is 5.32 Å². The molecule has 2 amide bonds. The van der Waals surface area contributed by atoms with Gasteiger partial charge in [0.25, 0.3) is 11.8 Å². The zero-order chi connectivity index (χ0) is 19.6. The number of anilines is 1. The zero-order valence-corrected chi connectivity index (χ0v) is 16.1. The normalized spacial score (nSPS) is 16.9. The maximum atomic E-state index is 12.7. The Balaban J connectivity index is 1.77. The summed E-state index contributed by atoms with van der Waals surface area (Å²) in [5, 5.41) is 12.6. The molecule has 1 aliphatic rings. The highest BCUT2D eigenvalue weighted by atomic mass is 32.1. The van der Waals surface area contributed by atoms with Gasteiger partial charge in [-0.25, -0.2) is 0 Å². The monoisotopic (exact) mass is 386 g/mol. The standard InChI is InChI=1S/C20H22N2O4S/c1-12-5-6-14(20(26)22-9-3-4-15(24)11-22)10-16(12)21-19(25)18-8-7-17(27-18)13(2)23/h5-8,10,15,24H,3-4,9,11H2,1-2H3,(H,21,25)/t15-/m0/s1. The van der Waals surface area contributed by atoms with Crippen LogP contribution in [0.1, 0.15) is 55.0 Å². The summed E-state index contributed by atoms with van der Waals surface area (Å²) in [6, 6.07) is 8.44. The molecule has 2 aromatic rings. The van der Waals surface area contributed by atoms with Gasteiger partial charge in [-0.2, -0.15) is 0 Å². The van der Waals surface area contributed by atoms with E-state index < -0.39 is 6.10 Å². The summed E-state index contributed by atoms with van der Waals surface area (Å²) >= 11 is 1.14. The molecule has 0 unspecified atom stereocenters. The van der Waals surface area contributed by atoms with Crippen LogP contribution in [0.4, 0.5) is 5.69 Å². The number of aliphatic hydroxyl groups is 1. The van der Waals surface area contributed by atoms with Gasteiger partial charge >= 0.3 is 0 Å². The molecule has 0 radical (unpaired) electrons. The summed E-state index contributed by atoms with van der Waals surface area (Å²) in [4.78, 5) is 39.2. The topological polar surface area (TPSA) is 86.7 Å². The summed E-state index contributed by atoms with van der Waals surface area (Å²) in [6.45, 7) is 4.26. The number of carbonyl (C=O) groups excluding carboxylic acids is 3. The van der Waals surface area contributed by atoms with E-state index in [1.165, 1.54) is 6.92 Å². The van der Waals surface area contributed by atoms with Crippen LogP contribution in [0, 0.1) is 6.92 Å². The lowest BCUT2D eigenvalue weighted by Crippen LogP contribution is -2.42. The number of β-amino-alcohol motifs (C(OH)–C–C–N with tert-alkyl or cyclic N) is 1. The molecule has 1 atom stereocenters. The minimum Gasteiger partial charge on any atom is -0.391 e. The molecular formula is C20H22N2O4S. The van der Waals surface area contributed by atoms with E-state index in [1.807, 2.05) is 6.92 Å². The molecule has 1 aromatic carbocycles. The average molecular weight is 386 g/mol. The summed E-state index contributed by atoms with van der Waals surface area (Å²) in [7, 11) is 0. The second kappa shape index (κ2) is 8.02. The molecule has 0 spiro atoms. The van der Waals surface area contributed by atoms with E-state index in [4.69, 9.17) is 0 Å². The number of carbonyl (C=O) groups is 3. The number of ketones is 1. The fraction of sp³-hybridized carbons (Fsp3) is 0.350. The number of hydrogen-bond donors (Lipinski definition) is 2. The van der Waals surface area contributed by atoms with Crippen molar-refractivity contribution >= 4 is 34.6 Å². The van der Waals surface area contributed by atoms with Gasteiger partial charge in [0.1, 0.15) is 0 Å². The highest BCUT2D eigenvalue weighted by Gasteiger charge is 2.23. The number of likely N-dealkylation sites (tertiary alicyclic amines) is 1. The molecule has 2 heterocycles. The summed E-state index contributed by atoms with van der Waals surface area (Å²) in [5.74, 6) is -0.542. The number of Topliss-reactive ketones (excluding diaryl/α,β-unsaturated/α-hetero) is 1. The number of aryl methyl sites for hydroxylation is 1. The second-order valence-corrected chi connectivity index (χ2v) is 7.83. The number of benzene rings is 1. The number of hydrogen-bond acceptors (Lipinski definition) is 5. The third kappa shape index (κ3) is 4.43. The highest BCUT2D eigenvalue weighted by Crippen LogP contribution is 2.23. The van der Waals surface area contributed by atoms with Crippen molar-refractivity contribution < 1.29 is 19.5 Å². The summed E-state index contributed by atoms with van der Waals surface area (Å²) in [5.41, 5.74) is 1.86. The Labute approximate surface area is 161 Å². The molecule has 3 rings (SSSR count). The van der Waals surface area contributed by atoms with Crippen LogP contribution in [-0.2, 0) is 0 Å². The lowest BCUT2D eigenvalue weighted by molar-refractivity contribution is 0.0473. The van der Waals surface area contributed by atoms with Gasteiger partial charge in [0.05, 0.1) is 15.9 Å². The van der Waals surface area contributed by atoms with Crippen LogP contribution in [-0.4, -0.2) is 46.8 Å². The Hall–Kier alpha value is -2.51. The largest absolute Gasteiger partial charge is 0.391 e. The molecule has 27 heavy (non-hydrogen) atoms. The first-order valence-corrected chi connectivity index (χ1v) is 9.67. The van der Waals surface area contributed by atoms with E-state index in [0.29, 0.717) is 40.5 Å². The predicted octanol–water partition coefficient (Wildman–Crippen LogP) is 3.11. The second-order valence-electron chi connectivity index (χ2n) is 6.75. The SMILES string of the molecule is CC(=O)c1ccc(C(=O)Nc2cc(C(=O)N3CCC[C@H](O)C3)ccc2C)s1. The Morgan fingerprint density at radius 2 is 1.93 bits per heavy atom. The minimum atomic E-state index is -0.485. The molecule has 0 bridgehead atoms. The first-order chi connectivity index (χ1) is 12.8. The van der Waals surface area contributed by atoms with Gasteiger partial charge in [-0.05, 0) is 56.5 Å². The molecule has 0 aliphatic carbocycles. The third-order valence-electron chi connectivity index (χ3n) is 4.59. The number of piperidine rings is 1. The Morgan fingerprint density at radius 3 is 2.59 bits per heavy atom. The van der Waals surface area contributed by atoms with Crippen molar-refractivity contribution in [2.24, 2.45) is 0 Å². The predicted molar refractivity (Wildman–Crippen MR) is 105 cm³/mol. The van der Waals surface area contributed by atoms with E-state index in [1.54, 1.807) is 35.2 Å². The van der Waals surface area contributed by atoms with E-state index in [9.17, 15) is 19.5 Å². The number of nitrogens with zero attached hydrogens (tertiary/aromatic N) is 1. The molecule has 1 fully saturated rings. The molecule has 7 heteroatoms. The molecule has 0 saturated carbocycles. The van der Waals surface area contributed by atoms with Crippen molar-refractivity contribution in [2.45, 2.75) is 32.8 Å². The highest BCUT2D eigenvalue weighted by molar-refractivity contribution is 7.16. The number of nitrogens with one attached hydrogen (secondary N) is 1. The van der Waals surface area contributed by atoms with Crippen LogP contribution in [0.15, 0.2) is 30.3 Å². The fourth-order valence-electron chi connectivity index (χ4n) is 3.04. The van der Waals surface area contributed by atoms with Crippen molar-refractivity contribution in [1.82, 2.24) is 4.90 Å². The Bertz CT molecular complexity index is 890. The third-order valence-corrected chi connectivity index (χ3v) is 5.78. The lowest BCUT2D eigenvalue weighted by atomic mass is 10.0. The molecule has 142 valence electrons. The van der Waals surface area contributed by atoms with Gasteiger partial charge in [-0.15, -0.1) is 11.3 Å². The van der Waals surface area contributed by atoms with E-state index in [-0.39, 0.29) is 17.6 Å². The van der Waals surface area contributed by atoms with Crippen molar-refractivity contribution in [3.8, 4) is 0 Å². The van der Waals surface area contributed by atoms with Crippen LogP contribution in [0.3, 0.4) is 0 Å². The number of rotatable bonds is 4. The average Bonchev–Trinajstić information content (AvgIpc) is 3.13. The van der Waals surface area contributed by atoms with Crippen LogP contribution < -0.4 is 5.32 Å². The smallest absolute Gasteiger partial charge is 0.265 e. The molecule has 2 N–H and O–H groups in total. The molecule has 1 saturated heterocycles. The first-order valence-electron chi connectivity index (χ1n) is 8.85. The molecule has 6 nitrogen and oxygen atoms in total. The van der Waals surface area contributed by atoms with Crippen molar-refractivity contribution in [3.05, 3.63) is 51.2 Å². The number of aliphatic hydroxyl groups excluding tert-OH is 1. The maximum absolute atomic E-state index is 12.7. The minimum absolute atomic E-state index is 0.0773. The van der Waals surface area contributed by atoms with Crippen molar-refractivity contribution in [3.63, 3.8) is 0 Å². The van der Waals surface area contributed by atoms with Crippen molar-refractivity contribution in [2.75, 3.05) is 18.4 Å². The van der Waals surface area contributed by atoms with Gasteiger partial charge in [0.2, 0.25) is 0 Å². The quantitative estimate of drug-likeness (QED) is 0.791. The Morgan fingerprint density at radius 1 is 1.19 bits per heavy atom. The van der Waals surface area contributed by atoms with Crippen LogP contribution in [0.5, 0.6) is 0 Å². The fourth-order valence-corrected chi connectivity index (χ4v) is 3.84. The van der Waals surface area contributed by atoms with Crippen LogP contribution >= 0.6 is 11.3 Å². The lowest BCUT2D eigenvalue weighted by Gasteiger charge is -2.30. The summed E-state index contributed by atoms with van der Waals surface area (Å²) in [6.07, 6.45) is 1.00. The van der Waals surface area contributed by atoms with Gasteiger partial charge in [-0.3, -0.25) is 14.4 Å². The van der Waals surface area contributed by atoms with E-state index >= 15 is 0 Å². The zero-order valence-electron chi connectivity index (χ0n) is 15.3. The first kappa shape index (κ1) is 19.3. The molecule has 1 aromatic heterocycles. The molecular weight excluding hydrogens is 364 g/mol. The van der Waals surface area contributed by atoms with E-state index in [0.717, 1.165) is 23.3 Å². The number of amides is 2. The van der Waals surface area contributed by atoms with Gasteiger partial charge in [0.15, 0.2) is 5.78 Å². The van der Waals surface area contributed by atoms with Gasteiger partial charge in [-0.1, -0.05) is 6.07 Å². The van der Waals surface area contributed by atoms with Crippen LogP contribution in [0.2, 0.25) is 0 Å². The maximum Gasteiger partial charge on any atom is 0.265 e. The van der Waals surface area contributed by atoms with Crippen molar-refractivity contribution in [1.29, 1.82) is 0 Å².